The van der Waals surface area contributed by atoms with Gasteiger partial charge in [0.1, 0.15) is 11.6 Å². The van der Waals surface area contributed by atoms with Crippen molar-refractivity contribution in [1.29, 1.82) is 0 Å². The zero-order chi connectivity index (χ0) is 15.7. The quantitative estimate of drug-likeness (QED) is 0.897. The number of piperazine rings is 1. The van der Waals surface area contributed by atoms with Gasteiger partial charge in [0.15, 0.2) is 0 Å². The highest BCUT2D eigenvalue weighted by Crippen LogP contribution is 2.18. The maximum atomic E-state index is 13.9. The standard InChI is InChI=1S/C16H21F2N3O/c1-11-8-13(15(18)9-14(11)17)16(22)21-6-4-20(5-7-21)12-2-3-19-10-12/h8-9,12,19H,2-7,10H2,1H3. The fourth-order valence-corrected chi connectivity index (χ4v) is 3.23. The first kappa shape index (κ1) is 15.4. The van der Waals surface area contributed by atoms with Crippen molar-refractivity contribution in [3.05, 3.63) is 34.9 Å². The molecule has 1 aromatic carbocycles. The summed E-state index contributed by atoms with van der Waals surface area (Å²) in [6, 6.07) is 2.64. The van der Waals surface area contributed by atoms with Gasteiger partial charge in [-0.3, -0.25) is 9.69 Å². The number of carbonyl (C=O) groups excluding carboxylic acids is 1. The van der Waals surface area contributed by atoms with Gasteiger partial charge in [-0.25, -0.2) is 8.78 Å². The molecule has 1 unspecified atom stereocenters. The van der Waals surface area contributed by atoms with Crippen LogP contribution in [0.2, 0.25) is 0 Å². The molecule has 0 spiro atoms. The first-order chi connectivity index (χ1) is 10.6. The molecule has 1 N–H and O–H groups in total. The van der Waals surface area contributed by atoms with Crippen LogP contribution < -0.4 is 5.32 Å². The number of nitrogens with one attached hydrogen (secondary N) is 1. The van der Waals surface area contributed by atoms with E-state index >= 15 is 0 Å². The molecule has 1 atom stereocenters. The lowest BCUT2D eigenvalue weighted by molar-refractivity contribution is 0.0579. The van der Waals surface area contributed by atoms with E-state index in [4.69, 9.17) is 0 Å². The molecule has 0 radical (unpaired) electrons. The van der Waals surface area contributed by atoms with Crippen LogP contribution in [0.15, 0.2) is 12.1 Å². The van der Waals surface area contributed by atoms with Gasteiger partial charge in [0.2, 0.25) is 0 Å². The van der Waals surface area contributed by atoms with Crippen LogP contribution in [0.1, 0.15) is 22.3 Å². The lowest BCUT2D eigenvalue weighted by Gasteiger charge is -2.37. The Kier molecular flexibility index (Phi) is 4.40. The SMILES string of the molecule is Cc1cc(C(=O)N2CCN(C3CCNC3)CC2)c(F)cc1F. The third kappa shape index (κ3) is 2.98. The second kappa shape index (κ2) is 6.30. The van der Waals surface area contributed by atoms with Gasteiger partial charge in [-0.15, -0.1) is 0 Å². The van der Waals surface area contributed by atoms with Crippen molar-refractivity contribution < 1.29 is 13.6 Å². The van der Waals surface area contributed by atoms with Crippen molar-refractivity contribution in [2.45, 2.75) is 19.4 Å². The molecule has 120 valence electrons. The Hall–Kier alpha value is -1.53. The minimum Gasteiger partial charge on any atom is -0.336 e. The van der Waals surface area contributed by atoms with Crippen molar-refractivity contribution in [2.24, 2.45) is 0 Å². The van der Waals surface area contributed by atoms with Crippen molar-refractivity contribution in [3.63, 3.8) is 0 Å². The van der Waals surface area contributed by atoms with Crippen LogP contribution in [0, 0.1) is 18.6 Å². The summed E-state index contributed by atoms with van der Waals surface area (Å²) in [5.74, 6) is -1.74. The number of hydrogen-bond donors (Lipinski definition) is 1. The summed E-state index contributed by atoms with van der Waals surface area (Å²) in [6.45, 7) is 6.37. The number of aryl methyl sites for hydroxylation is 1. The Morgan fingerprint density at radius 2 is 1.91 bits per heavy atom. The molecule has 1 amide bonds. The summed E-state index contributed by atoms with van der Waals surface area (Å²) in [6.07, 6.45) is 1.14. The van der Waals surface area contributed by atoms with Gasteiger partial charge in [-0.1, -0.05) is 0 Å². The van der Waals surface area contributed by atoms with Crippen LogP contribution in [-0.4, -0.2) is 61.0 Å². The maximum Gasteiger partial charge on any atom is 0.256 e. The third-order valence-corrected chi connectivity index (χ3v) is 4.63. The zero-order valence-corrected chi connectivity index (χ0v) is 12.7. The highest BCUT2D eigenvalue weighted by atomic mass is 19.1. The minimum atomic E-state index is -0.782. The lowest BCUT2D eigenvalue weighted by Crippen LogP contribution is -2.52. The fourth-order valence-electron chi connectivity index (χ4n) is 3.23. The molecule has 2 aliphatic rings. The summed E-state index contributed by atoms with van der Waals surface area (Å²) in [7, 11) is 0. The van der Waals surface area contributed by atoms with Crippen molar-refractivity contribution in [3.8, 4) is 0 Å². The Labute approximate surface area is 129 Å². The molecule has 2 fully saturated rings. The third-order valence-electron chi connectivity index (χ3n) is 4.63. The summed E-state index contributed by atoms with van der Waals surface area (Å²) in [4.78, 5) is 16.5. The molecule has 1 aromatic rings. The minimum absolute atomic E-state index is 0.0325. The zero-order valence-electron chi connectivity index (χ0n) is 12.7. The predicted molar refractivity (Wildman–Crippen MR) is 79.8 cm³/mol. The van der Waals surface area contributed by atoms with E-state index in [9.17, 15) is 13.6 Å². The molecule has 3 rings (SSSR count). The summed E-state index contributed by atoms with van der Waals surface area (Å²) < 4.78 is 27.2. The molecular weight excluding hydrogens is 288 g/mol. The number of amides is 1. The Bertz CT molecular complexity index is 565. The number of benzene rings is 1. The highest BCUT2D eigenvalue weighted by molar-refractivity contribution is 5.94. The highest BCUT2D eigenvalue weighted by Gasteiger charge is 2.29. The van der Waals surface area contributed by atoms with Crippen LogP contribution in [0.5, 0.6) is 0 Å². The number of hydrogen-bond acceptors (Lipinski definition) is 3. The molecule has 2 aliphatic heterocycles. The van der Waals surface area contributed by atoms with Crippen LogP contribution in [-0.2, 0) is 0 Å². The average molecular weight is 309 g/mol. The normalized spacial score (nSPS) is 23.0. The van der Waals surface area contributed by atoms with Crippen molar-refractivity contribution in [2.75, 3.05) is 39.3 Å². The van der Waals surface area contributed by atoms with E-state index in [0.717, 1.165) is 38.7 Å². The van der Waals surface area contributed by atoms with E-state index in [-0.39, 0.29) is 11.5 Å². The van der Waals surface area contributed by atoms with Crippen molar-refractivity contribution >= 4 is 5.91 Å². The van der Waals surface area contributed by atoms with Crippen LogP contribution >= 0.6 is 0 Å². The Morgan fingerprint density at radius 1 is 1.18 bits per heavy atom. The van der Waals surface area contributed by atoms with Crippen LogP contribution in [0.25, 0.3) is 0 Å². The van der Waals surface area contributed by atoms with Gasteiger partial charge >= 0.3 is 0 Å². The molecule has 22 heavy (non-hydrogen) atoms. The first-order valence-electron chi connectivity index (χ1n) is 7.76. The molecule has 0 aliphatic carbocycles. The second-order valence-electron chi connectivity index (χ2n) is 6.06. The maximum absolute atomic E-state index is 13.9. The number of nitrogens with zero attached hydrogens (tertiary/aromatic N) is 2. The smallest absolute Gasteiger partial charge is 0.256 e. The first-order valence-corrected chi connectivity index (χ1v) is 7.76. The summed E-state index contributed by atoms with van der Waals surface area (Å²) in [5.41, 5.74) is 0.260. The molecule has 2 saturated heterocycles. The molecule has 6 heteroatoms. The topological polar surface area (TPSA) is 35.6 Å². The van der Waals surface area contributed by atoms with E-state index < -0.39 is 11.6 Å². The fraction of sp³-hybridized carbons (Fsp3) is 0.562. The van der Waals surface area contributed by atoms with E-state index in [2.05, 4.69) is 10.2 Å². The molecular formula is C16H21F2N3O. The van der Waals surface area contributed by atoms with Gasteiger partial charge in [0, 0.05) is 44.8 Å². The van der Waals surface area contributed by atoms with Gasteiger partial charge in [0.05, 0.1) is 5.56 Å². The van der Waals surface area contributed by atoms with E-state index in [1.807, 2.05) is 0 Å². The Morgan fingerprint density at radius 3 is 2.55 bits per heavy atom. The lowest BCUT2D eigenvalue weighted by atomic mass is 10.1. The van der Waals surface area contributed by atoms with Crippen LogP contribution in [0.3, 0.4) is 0 Å². The number of rotatable bonds is 2. The van der Waals surface area contributed by atoms with Gasteiger partial charge in [-0.05, 0) is 31.5 Å². The predicted octanol–water partition coefficient (Wildman–Crippen LogP) is 1.39. The Balaban J connectivity index is 1.65. The number of halogens is 2. The van der Waals surface area contributed by atoms with Gasteiger partial charge in [-0.2, -0.15) is 0 Å². The molecule has 0 bridgehead atoms. The molecule has 4 nitrogen and oxygen atoms in total. The van der Waals surface area contributed by atoms with E-state index in [1.54, 1.807) is 4.90 Å². The van der Waals surface area contributed by atoms with Crippen LogP contribution in [0.4, 0.5) is 8.78 Å². The largest absolute Gasteiger partial charge is 0.336 e. The number of carbonyl (C=O) groups is 1. The average Bonchev–Trinajstić information content (AvgIpc) is 3.05. The summed E-state index contributed by atoms with van der Waals surface area (Å²) in [5, 5.41) is 3.34. The summed E-state index contributed by atoms with van der Waals surface area (Å²) >= 11 is 0. The molecule has 2 heterocycles. The van der Waals surface area contributed by atoms with E-state index in [1.165, 1.54) is 13.0 Å². The van der Waals surface area contributed by atoms with Gasteiger partial charge in [0.25, 0.3) is 5.91 Å². The second-order valence-corrected chi connectivity index (χ2v) is 6.06. The van der Waals surface area contributed by atoms with E-state index in [0.29, 0.717) is 24.7 Å². The molecule has 0 saturated carbocycles. The van der Waals surface area contributed by atoms with Crippen molar-refractivity contribution in [1.82, 2.24) is 15.1 Å². The monoisotopic (exact) mass is 309 g/mol. The molecule has 0 aromatic heterocycles. The van der Waals surface area contributed by atoms with Gasteiger partial charge < -0.3 is 10.2 Å².